The van der Waals surface area contributed by atoms with Crippen LogP contribution >= 0.6 is 0 Å². The van der Waals surface area contributed by atoms with Crippen LogP contribution in [0.1, 0.15) is 32.2 Å². The molecule has 33 heavy (non-hydrogen) atoms. The zero-order chi connectivity index (χ0) is 23.4. The lowest BCUT2D eigenvalue weighted by Crippen LogP contribution is -2.19. The Morgan fingerprint density at radius 1 is 0.879 bits per heavy atom. The summed E-state index contributed by atoms with van der Waals surface area (Å²) in [6, 6.07) is 16.8. The molecule has 3 N–H and O–H groups in total. The Hall–Kier alpha value is -4.20. The number of rotatable bonds is 5. The maximum Gasteiger partial charge on any atom is 0.323 e. The number of benzene rings is 2. The summed E-state index contributed by atoms with van der Waals surface area (Å²) in [5.74, 6) is 2.05. The zero-order valence-corrected chi connectivity index (χ0v) is 19.1. The van der Waals surface area contributed by atoms with E-state index in [2.05, 4.69) is 51.7 Å². The summed E-state index contributed by atoms with van der Waals surface area (Å²) in [6.45, 7) is 8.32. The Bertz CT molecular complexity index is 1230. The van der Waals surface area contributed by atoms with Crippen LogP contribution in [-0.4, -0.2) is 25.6 Å². The molecule has 0 spiro atoms. The van der Waals surface area contributed by atoms with Gasteiger partial charge in [-0.1, -0.05) is 32.9 Å². The molecule has 0 saturated heterocycles. The molecule has 0 unspecified atom stereocenters. The molecule has 0 atom stereocenters. The van der Waals surface area contributed by atoms with Crippen molar-refractivity contribution in [3.05, 3.63) is 84.7 Å². The number of hydrogen-bond acceptors (Lipinski definition) is 5. The smallest absolute Gasteiger partial charge is 0.323 e. The van der Waals surface area contributed by atoms with Crippen LogP contribution in [-0.2, 0) is 5.41 Å². The minimum absolute atomic E-state index is 0.0715. The number of amides is 2. The van der Waals surface area contributed by atoms with Crippen LogP contribution in [0.25, 0.3) is 5.82 Å². The molecular formula is C25H27N7O. The number of aromatic nitrogens is 4. The Labute approximate surface area is 193 Å². The molecule has 4 aromatic rings. The summed E-state index contributed by atoms with van der Waals surface area (Å²) in [7, 11) is 0. The van der Waals surface area contributed by atoms with Crippen molar-refractivity contribution in [3.63, 3.8) is 0 Å². The lowest BCUT2D eigenvalue weighted by molar-refractivity contribution is 0.262. The Morgan fingerprint density at radius 3 is 2.06 bits per heavy atom. The average molecular weight is 442 g/mol. The van der Waals surface area contributed by atoms with Gasteiger partial charge in [-0.2, -0.15) is 0 Å². The van der Waals surface area contributed by atoms with Crippen molar-refractivity contribution in [2.45, 2.75) is 33.1 Å². The molecule has 8 nitrogen and oxygen atoms in total. The van der Waals surface area contributed by atoms with Gasteiger partial charge in [0.05, 0.1) is 0 Å². The maximum absolute atomic E-state index is 12.4. The van der Waals surface area contributed by atoms with Crippen LogP contribution in [0.4, 0.5) is 27.7 Å². The number of urea groups is 1. The van der Waals surface area contributed by atoms with Gasteiger partial charge in [-0.3, -0.25) is 4.57 Å². The highest BCUT2D eigenvalue weighted by Gasteiger charge is 2.13. The van der Waals surface area contributed by atoms with E-state index in [1.165, 1.54) is 5.56 Å². The van der Waals surface area contributed by atoms with E-state index in [0.29, 0.717) is 17.3 Å². The molecule has 4 rings (SSSR count). The summed E-state index contributed by atoms with van der Waals surface area (Å²) in [5.41, 5.74) is 3.55. The molecule has 168 valence electrons. The van der Waals surface area contributed by atoms with E-state index in [0.717, 1.165) is 17.2 Å². The van der Waals surface area contributed by atoms with E-state index in [1.807, 2.05) is 72.3 Å². The molecule has 0 aliphatic heterocycles. The van der Waals surface area contributed by atoms with Crippen molar-refractivity contribution in [2.24, 2.45) is 0 Å². The molecule has 0 fully saturated rings. The van der Waals surface area contributed by atoms with Crippen LogP contribution in [0.15, 0.2) is 73.3 Å². The van der Waals surface area contributed by atoms with Gasteiger partial charge in [-0.25, -0.2) is 19.7 Å². The molecule has 0 bridgehead atoms. The number of imidazole rings is 1. The first-order valence-corrected chi connectivity index (χ1v) is 10.7. The van der Waals surface area contributed by atoms with Crippen molar-refractivity contribution in [1.29, 1.82) is 0 Å². The van der Waals surface area contributed by atoms with E-state index in [-0.39, 0.29) is 11.4 Å². The molecular weight excluding hydrogens is 414 g/mol. The second-order valence-electron chi connectivity index (χ2n) is 8.74. The summed E-state index contributed by atoms with van der Waals surface area (Å²) >= 11 is 0. The first-order valence-electron chi connectivity index (χ1n) is 10.7. The minimum atomic E-state index is -0.296. The highest BCUT2D eigenvalue weighted by atomic mass is 16.2. The molecule has 8 heteroatoms. The highest BCUT2D eigenvalue weighted by Crippen LogP contribution is 2.24. The van der Waals surface area contributed by atoms with E-state index in [1.54, 1.807) is 12.5 Å². The van der Waals surface area contributed by atoms with Crippen molar-refractivity contribution in [2.75, 3.05) is 16.0 Å². The van der Waals surface area contributed by atoms with Crippen molar-refractivity contribution >= 4 is 28.9 Å². The second-order valence-corrected chi connectivity index (χ2v) is 8.74. The molecule has 0 aliphatic rings. The van der Waals surface area contributed by atoms with Gasteiger partial charge in [0.1, 0.15) is 23.8 Å². The summed E-state index contributed by atoms with van der Waals surface area (Å²) in [6.07, 6.45) is 5.22. The third-order valence-electron chi connectivity index (χ3n) is 5.02. The summed E-state index contributed by atoms with van der Waals surface area (Å²) in [5, 5.41) is 8.98. The fourth-order valence-electron chi connectivity index (χ4n) is 3.27. The monoisotopic (exact) mass is 441 g/mol. The van der Waals surface area contributed by atoms with E-state index in [4.69, 9.17) is 0 Å². The fourth-order valence-corrected chi connectivity index (χ4v) is 3.27. The number of anilines is 4. The van der Waals surface area contributed by atoms with Gasteiger partial charge in [0.2, 0.25) is 0 Å². The molecule has 2 amide bonds. The number of carbonyl (C=O) groups excluding carboxylic acids is 1. The first-order chi connectivity index (χ1) is 15.8. The fraction of sp³-hybridized carbons (Fsp3) is 0.200. The number of nitrogens with zero attached hydrogens (tertiary/aromatic N) is 4. The van der Waals surface area contributed by atoms with Crippen molar-refractivity contribution in [3.8, 4) is 5.82 Å². The van der Waals surface area contributed by atoms with E-state index < -0.39 is 0 Å². The normalized spacial score (nSPS) is 11.2. The van der Waals surface area contributed by atoms with Gasteiger partial charge in [0.15, 0.2) is 0 Å². The Balaban J connectivity index is 1.37. The van der Waals surface area contributed by atoms with Gasteiger partial charge in [0, 0.05) is 35.5 Å². The third kappa shape index (κ3) is 5.74. The summed E-state index contributed by atoms with van der Waals surface area (Å²) < 4.78 is 1.82. The molecule has 2 heterocycles. The molecule has 0 saturated carbocycles. The van der Waals surface area contributed by atoms with Gasteiger partial charge in [-0.05, 0) is 54.3 Å². The predicted molar refractivity (Wildman–Crippen MR) is 131 cm³/mol. The van der Waals surface area contributed by atoms with Crippen molar-refractivity contribution < 1.29 is 4.79 Å². The maximum atomic E-state index is 12.4. The predicted octanol–water partition coefficient (Wildman–Crippen LogP) is 5.66. The van der Waals surface area contributed by atoms with Gasteiger partial charge in [0.25, 0.3) is 0 Å². The molecule has 2 aromatic carbocycles. The van der Waals surface area contributed by atoms with Crippen LogP contribution < -0.4 is 16.0 Å². The van der Waals surface area contributed by atoms with Crippen LogP contribution in [0.2, 0.25) is 0 Å². The Morgan fingerprint density at radius 2 is 1.48 bits per heavy atom. The summed E-state index contributed by atoms with van der Waals surface area (Å²) in [4.78, 5) is 25.3. The molecule has 0 aliphatic carbocycles. The second kappa shape index (κ2) is 9.12. The zero-order valence-electron chi connectivity index (χ0n) is 19.1. The first kappa shape index (κ1) is 22.0. The topological polar surface area (TPSA) is 96.8 Å². The van der Waals surface area contributed by atoms with Gasteiger partial charge >= 0.3 is 6.03 Å². The number of nitrogens with one attached hydrogen (secondary N) is 3. The molecule has 0 radical (unpaired) electrons. The lowest BCUT2D eigenvalue weighted by atomic mass is 9.87. The third-order valence-corrected chi connectivity index (χ3v) is 5.02. The van der Waals surface area contributed by atoms with Gasteiger partial charge < -0.3 is 16.0 Å². The largest absolute Gasteiger partial charge is 0.340 e. The number of aryl methyl sites for hydroxylation is 1. The van der Waals surface area contributed by atoms with Gasteiger partial charge in [-0.15, -0.1) is 0 Å². The SMILES string of the molecule is Cc1nc(Nc2ccc(NC(=O)Nc3ccc(C(C)(C)C)cc3)cc2)cc(-n2ccnc2)n1. The number of hydrogen-bond donors (Lipinski definition) is 3. The van der Waals surface area contributed by atoms with Crippen molar-refractivity contribution in [1.82, 2.24) is 19.5 Å². The van der Waals surface area contributed by atoms with Crippen LogP contribution in [0, 0.1) is 6.92 Å². The minimum Gasteiger partial charge on any atom is -0.340 e. The lowest BCUT2D eigenvalue weighted by Gasteiger charge is -2.19. The quantitative estimate of drug-likeness (QED) is 0.371. The highest BCUT2D eigenvalue weighted by molar-refractivity contribution is 5.99. The number of carbonyl (C=O) groups is 1. The average Bonchev–Trinajstić information content (AvgIpc) is 3.29. The standard InChI is InChI=1S/C25H27N7O/c1-17-27-22(15-23(28-17)32-14-13-26-16-32)29-19-9-11-21(12-10-19)31-24(33)30-20-7-5-18(6-8-20)25(2,3)4/h5-16H,1-4H3,(H,27,28,29)(H2,30,31,33). The Kier molecular flexibility index (Phi) is 6.08. The van der Waals surface area contributed by atoms with Crippen LogP contribution in [0.5, 0.6) is 0 Å². The van der Waals surface area contributed by atoms with E-state index in [9.17, 15) is 4.79 Å². The van der Waals surface area contributed by atoms with Crippen LogP contribution in [0.3, 0.4) is 0 Å². The van der Waals surface area contributed by atoms with E-state index >= 15 is 0 Å². The molecule has 2 aromatic heterocycles.